The van der Waals surface area contributed by atoms with Crippen LogP contribution >= 0.6 is 0 Å². The van der Waals surface area contributed by atoms with Crippen LogP contribution in [0.25, 0.3) is 0 Å². The van der Waals surface area contributed by atoms with Gasteiger partial charge < -0.3 is 21.1 Å². The number of phenols is 1. The maximum atomic E-state index is 10.8. The van der Waals surface area contributed by atoms with Gasteiger partial charge in [-0.25, -0.2) is 4.79 Å². The van der Waals surface area contributed by atoms with Gasteiger partial charge >= 0.3 is 5.97 Å². The van der Waals surface area contributed by atoms with Crippen molar-refractivity contribution in [3.05, 3.63) is 29.3 Å². The van der Waals surface area contributed by atoms with Gasteiger partial charge in [0.25, 0.3) is 0 Å². The predicted molar refractivity (Wildman–Crippen MR) is 49.1 cm³/mol. The Labute approximate surface area is 80.4 Å². The summed E-state index contributed by atoms with van der Waals surface area (Å²) in [5, 5.41) is 26.9. The Bertz CT molecular complexity index is 351. The summed E-state index contributed by atoms with van der Waals surface area (Å²) in [7, 11) is 0. The van der Waals surface area contributed by atoms with E-state index in [1.54, 1.807) is 0 Å². The van der Waals surface area contributed by atoms with Crippen LogP contribution in [0.1, 0.15) is 22.0 Å². The van der Waals surface area contributed by atoms with E-state index in [0.29, 0.717) is 0 Å². The van der Waals surface area contributed by atoms with E-state index in [9.17, 15) is 9.90 Å². The number of carboxylic acids is 1. The SMILES string of the molecule is N[C@@H](CO)c1cccc(O)c1C(=O)O. The van der Waals surface area contributed by atoms with Crippen molar-refractivity contribution in [3.63, 3.8) is 0 Å². The van der Waals surface area contributed by atoms with E-state index >= 15 is 0 Å². The van der Waals surface area contributed by atoms with Crippen LogP contribution < -0.4 is 5.73 Å². The first-order valence-electron chi connectivity index (χ1n) is 3.99. The van der Waals surface area contributed by atoms with Gasteiger partial charge in [0.1, 0.15) is 11.3 Å². The Hall–Kier alpha value is -1.59. The zero-order chi connectivity index (χ0) is 10.7. The highest BCUT2D eigenvalue weighted by molar-refractivity contribution is 5.92. The smallest absolute Gasteiger partial charge is 0.339 e. The molecule has 0 saturated heterocycles. The highest BCUT2D eigenvalue weighted by Gasteiger charge is 2.18. The average Bonchev–Trinajstić information content (AvgIpc) is 2.15. The van der Waals surface area contributed by atoms with E-state index < -0.39 is 12.0 Å². The van der Waals surface area contributed by atoms with Gasteiger partial charge in [0.2, 0.25) is 0 Å². The molecule has 1 aromatic carbocycles. The van der Waals surface area contributed by atoms with Crippen LogP contribution in [-0.2, 0) is 0 Å². The van der Waals surface area contributed by atoms with E-state index in [0.717, 1.165) is 0 Å². The minimum atomic E-state index is -1.26. The number of aromatic carboxylic acids is 1. The standard InChI is InChI=1S/C9H11NO4/c10-6(4-11)5-2-1-3-7(12)8(5)9(13)14/h1-3,6,11-12H,4,10H2,(H,13,14)/t6-/m0/s1. The molecule has 0 aromatic heterocycles. The molecular formula is C9H11NO4. The summed E-state index contributed by atoms with van der Waals surface area (Å²) in [4.78, 5) is 10.8. The van der Waals surface area contributed by atoms with Gasteiger partial charge in [-0.2, -0.15) is 0 Å². The van der Waals surface area contributed by atoms with Crippen molar-refractivity contribution in [2.45, 2.75) is 6.04 Å². The summed E-state index contributed by atoms with van der Waals surface area (Å²) in [6.45, 7) is -0.371. The third-order valence-electron chi connectivity index (χ3n) is 1.88. The minimum absolute atomic E-state index is 0.222. The molecule has 0 saturated carbocycles. The summed E-state index contributed by atoms with van der Waals surface area (Å²) in [5.74, 6) is -1.61. The van der Waals surface area contributed by atoms with E-state index in [2.05, 4.69) is 0 Å². The van der Waals surface area contributed by atoms with E-state index in [1.165, 1.54) is 18.2 Å². The monoisotopic (exact) mass is 197 g/mol. The first-order valence-corrected chi connectivity index (χ1v) is 3.99. The number of benzene rings is 1. The number of aliphatic hydroxyl groups excluding tert-OH is 1. The van der Waals surface area contributed by atoms with Gasteiger partial charge in [-0.3, -0.25) is 0 Å². The van der Waals surface area contributed by atoms with Gasteiger partial charge in [-0.15, -0.1) is 0 Å². The summed E-state index contributed by atoms with van der Waals surface area (Å²) >= 11 is 0. The quantitative estimate of drug-likeness (QED) is 0.549. The van der Waals surface area contributed by atoms with Crippen LogP contribution in [-0.4, -0.2) is 27.9 Å². The molecule has 0 heterocycles. The molecule has 5 heteroatoms. The zero-order valence-corrected chi connectivity index (χ0v) is 7.34. The lowest BCUT2D eigenvalue weighted by Gasteiger charge is -2.12. The molecule has 5 N–H and O–H groups in total. The van der Waals surface area contributed by atoms with Crippen LogP contribution in [0.2, 0.25) is 0 Å². The van der Waals surface area contributed by atoms with Crippen molar-refractivity contribution in [2.75, 3.05) is 6.61 Å². The lowest BCUT2D eigenvalue weighted by Crippen LogP contribution is -2.18. The van der Waals surface area contributed by atoms with Crippen LogP contribution in [0.3, 0.4) is 0 Å². The molecule has 0 fully saturated rings. The Morgan fingerprint density at radius 3 is 2.64 bits per heavy atom. The molecule has 0 aliphatic heterocycles. The molecule has 1 atom stereocenters. The first kappa shape index (κ1) is 10.5. The molecule has 0 spiro atoms. The number of carbonyl (C=O) groups is 1. The fourth-order valence-electron chi connectivity index (χ4n) is 1.20. The van der Waals surface area contributed by atoms with E-state index in [1.807, 2.05) is 0 Å². The number of nitrogens with two attached hydrogens (primary N) is 1. The number of hydrogen-bond acceptors (Lipinski definition) is 4. The van der Waals surface area contributed by atoms with Crippen molar-refractivity contribution >= 4 is 5.97 Å². The predicted octanol–water partition coefficient (Wildman–Crippen LogP) is 0.0825. The fraction of sp³-hybridized carbons (Fsp3) is 0.222. The Morgan fingerprint density at radius 2 is 2.14 bits per heavy atom. The van der Waals surface area contributed by atoms with Crippen molar-refractivity contribution in [3.8, 4) is 5.75 Å². The van der Waals surface area contributed by atoms with Crippen molar-refractivity contribution in [2.24, 2.45) is 5.73 Å². The molecule has 0 aliphatic rings. The molecule has 1 aromatic rings. The second-order valence-corrected chi connectivity index (χ2v) is 2.84. The molecule has 0 bridgehead atoms. The number of aliphatic hydroxyl groups is 1. The van der Waals surface area contributed by atoms with Crippen molar-refractivity contribution in [1.29, 1.82) is 0 Å². The maximum absolute atomic E-state index is 10.8. The van der Waals surface area contributed by atoms with E-state index in [-0.39, 0.29) is 23.5 Å². The summed E-state index contributed by atoms with van der Waals surface area (Å²) < 4.78 is 0. The molecule has 76 valence electrons. The Balaban J connectivity index is 3.28. The summed E-state index contributed by atoms with van der Waals surface area (Å²) in [6, 6.07) is 3.40. The third kappa shape index (κ3) is 1.84. The normalized spacial score (nSPS) is 12.4. The van der Waals surface area contributed by atoms with Gasteiger partial charge in [0.15, 0.2) is 0 Å². The van der Waals surface area contributed by atoms with Crippen LogP contribution in [0.4, 0.5) is 0 Å². The minimum Gasteiger partial charge on any atom is -0.507 e. The number of hydrogen-bond donors (Lipinski definition) is 4. The average molecular weight is 197 g/mol. The number of aromatic hydroxyl groups is 1. The maximum Gasteiger partial charge on any atom is 0.339 e. The van der Waals surface area contributed by atoms with Gasteiger partial charge in [-0.1, -0.05) is 12.1 Å². The highest BCUT2D eigenvalue weighted by Crippen LogP contribution is 2.24. The second kappa shape index (κ2) is 4.08. The van der Waals surface area contributed by atoms with E-state index in [4.69, 9.17) is 15.9 Å². The summed E-state index contributed by atoms with van der Waals surface area (Å²) in [6.07, 6.45) is 0. The molecule has 0 aliphatic carbocycles. The largest absolute Gasteiger partial charge is 0.507 e. The second-order valence-electron chi connectivity index (χ2n) is 2.84. The first-order chi connectivity index (χ1) is 6.57. The zero-order valence-electron chi connectivity index (χ0n) is 7.34. The molecule has 5 nitrogen and oxygen atoms in total. The highest BCUT2D eigenvalue weighted by atomic mass is 16.4. The fourth-order valence-corrected chi connectivity index (χ4v) is 1.20. The van der Waals surface area contributed by atoms with Crippen LogP contribution in [0.15, 0.2) is 18.2 Å². The van der Waals surface area contributed by atoms with Crippen molar-refractivity contribution < 1.29 is 20.1 Å². The molecule has 0 unspecified atom stereocenters. The Kier molecular flexibility index (Phi) is 3.06. The van der Waals surface area contributed by atoms with Crippen molar-refractivity contribution in [1.82, 2.24) is 0 Å². The lowest BCUT2D eigenvalue weighted by molar-refractivity contribution is 0.0691. The van der Waals surface area contributed by atoms with Gasteiger partial charge in [0, 0.05) is 0 Å². The number of carboxylic acid groups (broad SMARTS) is 1. The third-order valence-corrected chi connectivity index (χ3v) is 1.88. The summed E-state index contributed by atoms with van der Waals surface area (Å²) in [5.41, 5.74) is 5.44. The molecule has 0 radical (unpaired) electrons. The number of rotatable bonds is 3. The molecule has 1 rings (SSSR count). The topological polar surface area (TPSA) is 104 Å². The molecular weight excluding hydrogens is 186 g/mol. The van der Waals surface area contributed by atoms with Gasteiger partial charge in [0.05, 0.1) is 12.6 Å². The lowest BCUT2D eigenvalue weighted by atomic mass is 10.0. The molecule has 14 heavy (non-hydrogen) atoms. The van der Waals surface area contributed by atoms with Crippen LogP contribution in [0.5, 0.6) is 5.75 Å². The van der Waals surface area contributed by atoms with Gasteiger partial charge in [-0.05, 0) is 11.6 Å². The Morgan fingerprint density at radius 1 is 1.50 bits per heavy atom. The van der Waals surface area contributed by atoms with Crippen LogP contribution in [0, 0.1) is 0 Å². The molecule has 0 amide bonds.